The predicted octanol–water partition coefficient (Wildman–Crippen LogP) is 6.70. The standard InChI is InChI=1S/C23H28BrN3O2/c1-6-11-27(22(28)29-23(3,4)5)15(2)21-25-14-20(26-21)18-8-7-17-13-19(24)10-9-16(17)12-18/h7-10,12-15H,6,11H2,1-5H3,(H,25,26)/t15-/m0/s1. The number of aromatic nitrogens is 2. The number of fused-ring (bicyclic) bond motifs is 1. The van der Waals surface area contributed by atoms with E-state index in [0.717, 1.165) is 33.4 Å². The van der Waals surface area contributed by atoms with Gasteiger partial charge in [-0.05, 0) is 63.1 Å². The number of ether oxygens (including phenoxy) is 1. The van der Waals surface area contributed by atoms with E-state index in [1.165, 1.54) is 5.39 Å². The highest BCUT2D eigenvalue weighted by Crippen LogP contribution is 2.28. The van der Waals surface area contributed by atoms with Crippen LogP contribution in [0.2, 0.25) is 0 Å². The van der Waals surface area contributed by atoms with E-state index >= 15 is 0 Å². The van der Waals surface area contributed by atoms with Crippen LogP contribution in [-0.4, -0.2) is 33.1 Å². The van der Waals surface area contributed by atoms with Gasteiger partial charge in [0, 0.05) is 16.6 Å². The van der Waals surface area contributed by atoms with Crippen molar-refractivity contribution in [2.45, 2.75) is 52.7 Å². The number of rotatable bonds is 5. The number of hydrogen-bond donors (Lipinski definition) is 1. The summed E-state index contributed by atoms with van der Waals surface area (Å²) in [6.07, 6.45) is 2.35. The number of amides is 1. The summed E-state index contributed by atoms with van der Waals surface area (Å²) in [4.78, 5) is 22.3. The van der Waals surface area contributed by atoms with Crippen LogP contribution in [0.15, 0.2) is 47.1 Å². The van der Waals surface area contributed by atoms with Crippen molar-refractivity contribution in [3.05, 3.63) is 52.9 Å². The molecule has 0 bridgehead atoms. The normalized spacial score (nSPS) is 12.8. The van der Waals surface area contributed by atoms with Gasteiger partial charge < -0.3 is 9.72 Å². The van der Waals surface area contributed by atoms with Gasteiger partial charge in [0.15, 0.2) is 0 Å². The second-order valence-electron chi connectivity index (χ2n) is 8.24. The molecule has 0 aliphatic rings. The zero-order valence-electron chi connectivity index (χ0n) is 17.6. The zero-order chi connectivity index (χ0) is 21.2. The van der Waals surface area contributed by atoms with Crippen molar-refractivity contribution in [2.24, 2.45) is 0 Å². The highest BCUT2D eigenvalue weighted by molar-refractivity contribution is 9.10. The van der Waals surface area contributed by atoms with Crippen LogP contribution in [0.1, 0.15) is 52.9 Å². The summed E-state index contributed by atoms with van der Waals surface area (Å²) in [5, 5.41) is 2.34. The molecule has 0 saturated heterocycles. The van der Waals surface area contributed by atoms with Crippen molar-refractivity contribution in [3.8, 4) is 11.3 Å². The number of halogens is 1. The van der Waals surface area contributed by atoms with E-state index in [9.17, 15) is 4.79 Å². The summed E-state index contributed by atoms with van der Waals surface area (Å²) in [5.41, 5.74) is 1.46. The molecule has 1 aromatic heterocycles. The number of nitrogens with zero attached hydrogens (tertiary/aromatic N) is 2. The Morgan fingerprint density at radius 1 is 1.21 bits per heavy atom. The first-order valence-corrected chi connectivity index (χ1v) is 10.7. The van der Waals surface area contributed by atoms with Crippen LogP contribution in [0.5, 0.6) is 0 Å². The molecular weight excluding hydrogens is 430 g/mol. The maximum Gasteiger partial charge on any atom is 0.410 e. The zero-order valence-corrected chi connectivity index (χ0v) is 19.2. The lowest BCUT2D eigenvalue weighted by Crippen LogP contribution is -2.39. The summed E-state index contributed by atoms with van der Waals surface area (Å²) in [5.74, 6) is 0.746. The molecule has 0 radical (unpaired) electrons. The highest BCUT2D eigenvalue weighted by Gasteiger charge is 2.27. The average Bonchev–Trinajstić information content (AvgIpc) is 3.14. The van der Waals surface area contributed by atoms with Gasteiger partial charge in [-0.25, -0.2) is 9.78 Å². The molecule has 1 amide bonds. The topological polar surface area (TPSA) is 58.2 Å². The van der Waals surface area contributed by atoms with Crippen LogP contribution in [-0.2, 0) is 4.74 Å². The quantitative estimate of drug-likeness (QED) is 0.463. The second-order valence-corrected chi connectivity index (χ2v) is 9.15. The molecule has 29 heavy (non-hydrogen) atoms. The molecule has 1 atom stereocenters. The van der Waals surface area contributed by atoms with E-state index in [0.29, 0.717) is 6.54 Å². The lowest BCUT2D eigenvalue weighted by Gasteiger charge is -2.30. The molecule has 0 spiro atoms. The van der Waals surface area contributed by atoms with Crippen molar-refractivity contribution in [1.82, 2.24) is 14.9 Å². The molecule has 0 aliphatic carbocycles. The molecule has 1 N–H and O–H groups in total. The van der Waals surface area contributed by atoms with Gasteiger partial charge in [-0.1, -0.05) is 41.1 Å². The second kappa shape index (κ2) is 8.57. The van der Waals surface area contributed by atoms with Crippen molar-refractivity contribution < 1.29 is 9.53 Å². The first kappa shape index (κ1) is 21.4. The Labute approximate surface area is 180 Å². The molecule has 0 unspecified atom stereocenters. The van der Waals surface area contributed by atoms with Gasteiger partial charge in [-0.2, -0.15) is 0 Å². The van der Waals surface area contributed by atoms with Gasteiger partial charge in [0.05, 0.1) is 17.9 Å². The number of hydrogen-bond acceptors (Lipinski definition) is 3. The maximum atomic E-state index is 12.7. The molecule has 3 rings (SSSR count). The molecule has 154 valence electrons. The smallest absolute Gasteiger partial charge is 0.410 e. The highest BCUT2D eigenvalue weighted by atomic mass is 79.9. The Balaban J connectivity index is 1.85. The summed E-state index contributed by atoms with van der Waals surface area (Å²) < 4.78 is 6.65. The van der Waals surface area contributed by atoms with E-state index in [1.807, 2.05) is 46.9 Å². The molecule has 0 aliphatic heterocycles. The molecule has 1 heterocycles. The van der Waals surface area contributed by atoms with Crippen LogP contribution >= 0.6 is 15.9 Å². The molecule has 0 saturated carbocycles. The monoisotopic (exact) mass is 457 g/mol. The fourth-order valence-corrected chi connectivity index (χ4v) is 3.61. The molecule has 5 nitrogen and oxygen atoms in total. The Hall–Kier alpha value is -2.34. The average molecular weight is 458 g/mol. The lowest BCUT2D eigenvalue weighted by atomic mass is 10.1. The molecule has 3 aromatic rings. The van der Waals surface area contributed by atoms with Crippen LogP contribution in [0, 0.1) is 0 Å². The molecule has 6 heteroatoms. The Morgan fingerprint density at radius 2 is 1.90 bits per heavy atom. The number of nitrogens with one attached hydrogen (secondary N) is 1. The van der Waals surface area contributed by atoms with E-state index in [2.05, 4.69) is 56.2 Å². The number of aromatic amines is 1. The van der Waals surface area contributed by atoms with E-state index in [-0.39, 0.29) is 12.1 Å². The van der Waals surface area contributed by atoms with Crippen molar-refractivity contribution in [2.75, 3.05) is 6.54 Å². The minimum absolute atomic E-state index is 0.213. The third-order valence-corrected chi connectivity index (χ3v) is 5.16. The first-order valence-electron chi connectivity index (χ1n) is 9.92. The van der Waals surface area contributed by atoms with Gasteiger partial charge in [0.2, 0.25) is 0 Å². The van der Waals surface area contributed by atoms with Gasteiger partial charge in [0.25, 0.3) is 0 Å². The van der Waals surface area contributed by atoms with Gasteiger partial charge in [-0.15, -0.1) is 0 Å². The third-order valence-electron chi connectivity index (χ3n) is 4.66. The van der Waals surface area contributed by atoms with Crippen LogP contribution in [0.3, 0.4) is 0 Å². The predicted molar refractivity (Wildman–Crippen MR) is 121 cm³/mol. The van der Waals surface area contributed by atoms with E-state index < -0.39 is 5.60 Å². The van der Waals surface area contributed by atoms with Gasteiger partial charge >= 0.3 is 6.09 Å². The first-order chi connectivity index (χ1) is 13.7. The van der Waals surface area contributed by atoms with Gasteiger partial charge in [0.1, 0.15) is 11.4 Å². The SMILES string of the molecule is CCCN(C(=O)OC(C)(C)C)[C@@H](C)c1ncc(-c2ccc3cc(Br)ccc3c2)[nH]1. The number of H-pyrrole nitrogens is 1. The number of carbonyl (C=O) groups is 1. The van der Waals surface area contributed by atoms with Crippen LogP contribution in [0.25, 0.3) is 22.0 Å². The summed E-state index contributed by atoms with van der Waals surface area (Å²) in [6, 6.07) is 12.3. The fourth-order valence-electron chi connectivity index (χ4n) is 3.23. The fraction of sp³-hybridized carbons (Fsp3) is 0.391. The third kappa shape index (κ3) is 5.18. The van der Waals surface area contributed by atoms with Crippen LogP contribution < -0.4 is 0 Å². The van der Waals surface area contributed by atoms with E-state index in [4.69, 9.17) is 4.74 Å². The number of carbonyl (C=O) groups excluding carboxylic acids is 1. The Bertz CT molecular complexity index is 1010. The van der Waals surface area contributed by atoms with Crippen molar-refractivity contribution >= 4 is 32.8 Å². The summed E-state index contributed by atoms with van der Waals surface area (Å²) in [7, 11) is 0. The maximum absolute atomic E-state index is 12.7. The van der Waals surface area contributed by atoms with Crippen LogP contribution in [0.4, 0.5) is 4.79 Å². The molecule has 0 fully saturated rings. The van der Waals surface area contributed by atoms with Gasteiger partial charge in [-0.3, -0.25) is 4.90 Å². The minimum Gasteiger partial charge on any atom is -0.444 e. The lowest BCUT2D eigenvalue weighted by molar-refractivity contribution is 0.0166. The van der Waals surface area contributed by atoms with Crippen molar-refractivity contribution in [1.29, 1.82) is 0 Å². The molecule has 2 aromatic carbocycles. The number of benzene rings is 2. The van der Waals surface area contributed by atoms with E-state index in [1.54, 1.807) is 4.90 Å². The molecular formula is C23H28BrN3O2. The Morgan fingerprint density at radius 3 is 2.59 bits per heavy atom. The summed E-state index contributed by atoms with van der Waals surface area (Å²) in [6.45, 7) is 10.3. The largest absolute Gasteiger partial charge is 0.444 e. The van der Waals surface area contributed by atoms with Crippen molar-refractivity contribution in [3.63, 3.8) is 0 Å². The summed E-state index contributed by atoms with van der Waals surface area (Å²) >= 11 is 3.51. The Kier molecular flexibility index (Phi) is 6.32. The minimum atomic E-state index is -0.531. The number of imidazole rings is 1.